The molecule has 0 aliphatic rings. The molecule has 0 heterocycles. The van der Waals surface area contributed by atoms with Crippen molar-refractivity contribution in [3.8, 4) is 0 Å². The van der Waals surface area contributed by atoms with Crippen LogP contribution in [-0.4, -0.2) is 27.1 Å². The van der Waals surface area contributed by atoms with Gasteiger partial charge in [-0.1, -0.05) is 25.4 Å². The molecule has 1 amide bonds. The van der Waals surface area contributed by atoms with Crippen molar-refractivity contribution in [3.63, 3.8) is 0 Å². The molecule has 0 radical (unpaired) electrons. The average molecular weight is 319 g/mol. The number of benzene rings is 1. The zero-order chi connectivity index (χ0) is 15.3. The summed E-state index contributed by atoms with van der Waals surface area (Å²) in [5, 5.41) is 2.98. The van der Waals surface area contributed by atoms with E-state index in [4.69, 9.17) is 11.6 Å². The van der Waals surface area contributed by atoms with Crippen molar-refractivity contribution in [1.82, 2.24) is 5.32 Å². The second-order valence-corrected chi connectivity index (χ2v) is 7.16. The normalized spacial score (nSPS) is 11.4. The maximum atomic E-state index is 11.9. The first kappa shape index (κ1) is 16.8. The maximum Gasteiger partial charge on any atom is 0.251 e. The Hall–Kier alpha value is -1.27. The Morgan fingerprint density at radius 2 is 2.00 bits per heavy atom. The monoisotopic (exact) mass is 318 g/mol. The zero-order valence-electron chi connectivity index (χ0n) is 11.7. The minimum absolute atomic E-state index is 0.187. The van der Waals surface area contributed by atoms with Gasteiger partial charge in [-0.2, -0.15) is 0 Å². The van der Waals surface area contributed by atoms with Crippen molar-refractivity contribution in [2.75, 3.05) is 17.5 Å². The number of rotatable bonds is 6. The van der Waals surface area contributed by atoms with Gasteiger partial charge in [0.05, 0.1) is 17.0 Å². The van der Waals surface area contributed by atoms with Crippen LogP contribution in [0.1, 0.15) is 30.6 Å². The molecule has 0 unspecified atom stereocenters. The number of halogens is 1. The predicted octanol–water partition coefficient (Wildman–Crippen LogP) is 2.49. The Balaban J connectivity index is 2.74. The van der Waals surface area contributed by atoms with Gasteiger partial charge in [-0.15, -0.1) is 0 Å². The molecule has 112 valence electrons. The summed E-state index contributed by atoms with van der Waals surface area (Å²) in [6, 6.07) is 4.45. The fourth-order valence-electron chi connectivity index (χ4n) is 1.52. The molecule has 0 aromatic heterocycles. The van der Waals surface area contributed by atoms with Crippen molar-refractivity contribution in [3.05, 3.63) is 28.8 Å². The number of carbonyl (C=O) groups is 1. The Morgan fingerprint density at radius 3 is 2.50 bits per heavy atom. The molecule has 0 aliphatic heterocycles. The van der Waals surface area contributed by atoms with Crippen molar-refractivity contribution in [1.29, 1.82) is 0 Å². The molecule has 0 bridgehead atoms. The summed E-state index contributed by atoms with van der Waals surface area (Å²) in [6.07, 6.45) is 1.93. The van der Waals surface area contributed by atoms with E-state index >= 15 is 0 Å². The Labute approximate surface area is 124 Å². The lowest BCUT2D eigenvalue weighted by molar-refractivity contribution is 0.0952. The summed E-state index contributed by atoms with van der Waals surface area (Å²) >= 11 is 5.96. The third-order valence-electron chi connectivity index (χ3n) is 2.53. The van der Waals surface area contributed by atoms with Crippen LogP contribution in [0.5, 0.6) is 0 Å². The van der Waals surface area contributed by atoms with E-state index in [-0.39, 0.29) is 16.6 Å². The lowest BCUT2D eigenvalue weighted by Gasteiger charge is -2.10. The third kappa shape index (κ3) is 5.79. The highest BCUT2D eigenvalue weighted by Gasteiger charge is 2.11. The molecule has 1 rings (SSSR count). The smallest absolute Gasteiger partial charge is 0.251 e. The fourth-order valence-corrected chi connectivity index (χ4v) is 2.38. The molecule has 0 atom stereocenters. The van der Waals surface area contributed by atoms with Crippen molar-refractivity contribution in [2.45, 2.75) is 20.3 Å². The quantitative estimate of drug-likeness (QED) is 0.846. The standard InChI is InChI=1S/C13H19ClN2O3S/c1-9(2)6-7-15-13(17)10-4-5-12(11(14)8-10)16-20(3,18)19/h4-5,8-9,16H,6-7H2,1-3H3,(H,15,17). The predicted molar refractivity (Wildman–Crippen MR) is 81.7 cm³/mol. The van der Waals surface area contributed by atoms with E-state index in [0.29, 0.717) is 18.0 Å². The molecule has 2 N–H and O–H groups in total. The molecular formula is C13H19ClN2O3S. The van der Waals surface area contributed by atoms with Gasteiger partial charge in [-0.3, -0.25) is 9.52 Å². The van der Waals surface area contributed by atoms with E-state index in [1.165, 1.54) is 18.2 Å². The first-order chi connectivity index (χ1) is 9.19. The highest BCUT2D eigenvalue weighted by molar-refractivity contribution is 7.92. The largest absolute Gasteiger partial charge is 0.352 e. The topological polar surface area (TPSA) is 75.3 Å². The van der Waals surface area contributed by atoms with E-state index in [9.17, 15) is 13.2 Å². The van der Waals surface area contributed by atoms with Gasteiger partial charge in [0, 0.05) is 12.1 Å². The summed E-state index contributed by atoms with van der Waals surface area (Å²) in [5.41, 5.74) is 0.658. The molecule has 1 aromatic rings. The molecule has 7 heteroatoms. The van der Waals surface area contributed by atoms with Gasteiger partial charge < -0.3 is 5.32 Å². The minimum atomic E-state index is -3.39. The minimum Gasteiger partial charge on any atom is -0.352 e. The number of hydrogen-bond acceptors (Lipinski definition) is 3. The van der Waals surface area contributed by atoms with Crippen LogP contribution in [0.4, 0.5) is 5.69 Å². The maximum absolute atomic E-state index is 11.9. The summed E-state index contributed by atoms with van der Waals surface area (Å²) in [6.45, 7) is 4.75. The third-order valence-corrected chi connectivity index (χ3v) is 3.44. The lowest BCUT2D eigenvalue weighted by Crippen LogP contribution is -2.25. The van der Waals surface area contributed by atoms with Crippen LogP contribution in [-0.2, 0) is 10.0 Å². The van der Waals surface area contributed by atoms with E-state index in [1.54, 1.807) is 0 Å². The zero-order valence-corrected chi connectivity index (χ0v) is 13.3. The van der Waals surface area contributed by atoms with Crippen LogP contribution in [0.3, 0.4) is 0 Å². The number of amides is 1. The first-order valence-corrected chi connectivity index (χ1v) is 8.51. The SMILES string of the molecule is CC(C)CCNC(=O)c1ccc(NS(C)(=O)=O)c(Cl)c1. The van der Waals surface area contributed by atoms with Gasteiger partial charge in [-0.05, 0) is 30.5 Å². The summed E-state index contributed by atoms with van der Waals surface area (Å²) in [7, 11) is -3.39. The summed E-state index contributed by atoms with van der Waals surface area (Å²) in [4.78, 5) is 11.9. The highest BCUT2D eigenvalue weighted by atomic mass is 35.5. The van der Waals surface area contributed by atoms with Crippen LogP contribution in [0.15, 0.2) is 18.2 Å². The second-order valence-electron chi connectivity index (χ2n) is 5.01. The molecule has 0 saturated carbocycles. The van der Waals surface area contributed by atoms with Crippen LogP contribution >= 0.6 is 11.6 Å². The van der Waals surface area contributed by atoms with E-state index in [0.717, 1.165) is 12.7 Å². The van der Waals surface area contributed by atoms with E-state index in [2.05, 4.69) is 23.9 Å². The Bertz CT molecular complexity index is 585. The molecule has 5 nitrogen and oxygen atoms in total. The van der Waals surface area contributed by atoms with Gasteiger partial charge in [0.1, 0.15) is 0 Å². The molecular weight excluding hydrogens is 300 g/mol. The summed E-state index contributed by atoms with van der Waals surface area (Å²) < 4.78 is 24.5. The van der Waals surface area contributed by atoms with Gasteiger partial charge in [-0.25, -0.2) is 8.42 Å². The highest BCUT2D eigenvalue weighted by Crippen LogP contribution is 2.23. The van der Waals surface area contributed by atoms with E-state index < -0.39 is 10.0 Å². The van der Waals surface area contributed by atoms with Gasteiger partial charge in [0.2, 0.25) is 10.0 Å². The Morgan fingerprint density at radius 1 is 1.35 bits per heavy atom. The Kier molecular flexibility index (Phi) is 5.83. The molecule has 0 saturated heterocycles. The first-order valence-electron chi connectivity index (χ1n) is 6.24. The molecule has 0 fully saturated rings. The molecule has 1 aromatic carbocycles. The number of hydrogen-bond donors (Lipinski definition) is 2. The lowest BCUT2D eigenvalue weighted by atomic mass is 10.1. The number of anilines is 1. The van der Waals surface area contributed by atoms with Crippen LogP contribution < -0.4 is 10.0 Å². The van der Waals surface area contributed by atoms with Crippen molar-refractivity contribution >= 4 is 33.2 Å². The fraction of sp³-hybridized carbons (Fsp3) is 0.462. The van der Waals surface area contributed by atoms with E-state index in [1.807, 2.05) is 0 Å². The van der Waals surface area contributed by atoms with Crippen molar-refractivity contribution < 1.29 is 13.2 Å². The van der Waals surface area contributed by atoms with Gasteiger partial charge in [0.25, 0.3) is 5.91 Å². The van der Waals surface area contributed by atoms with Gasteiger partial charge >= 0.3 is 0 Å². The number of nitrogens with one attached hydrogen (secondary N) is 2. The average Bonchev–Trinajstić information content (AvgIpc) is 2.29. The molecule has 0 aliphatic carbocycles. The second kappa shape index (κ2) is 6.95. The van der Waals surface area contributed by atoms with Crippen LogP contribution in [0.25, 0.3) is 0 Å². The van der Waals surface area contributed by atoms with Crippen molar-refractivity contribution in [2.24, 2.45) is 5.92 Å². The molecule has 20 heavy (non-hydrogen) atoms. The molecule has 0 spiro atoms. The number of carbonyl (C=O) groups excluding carboxylic acids is 1. The van der Waals surface area contributed by atoms with Crippen LogP contribution in [0, 0.1) is 5.92 Å². The number of sulfonamides is 1. The van der Waals surface area contributed by atoms with Gasteiger partial charge in [0.15, 0.2) is 0 Å². The van der Waals surface area contributed by atoms with Crippen LogP contribution in [0.2, 0.25) is 5.02 Å². The summed E-state index contributed by atoms with van der Waals surface area (Å²) in [5.74, 6) is 0.290.